The van der Waals surface area contributed by atoms with Crippen LogP contribution >= 0.6 is 31.9 Å². The number of halogens is 2. The molecule has 0 fully saturated rings. The number of benzene rings is 2. The molecule has 0 saturated carbocycles. The van der Waals surface area contributed by atoms with Gasteiger partial charge < -0.3 is 9.97 Å². The lowest BCUT2D eigenvalue weighted by Crippen LogP contribution is -1.99. The van der Waals surface area contributed by atoms with Crippen molar-refractivity contribution in [2.45, 2.75) is 4.83 Å². The van der Waals surface area contributed by atoms with Gasteiger partial charge in [-0.05, 0) is 35.4 Å². The van der Waals surface area contributed by atoms with Gasteiger partial charge in [0.2, 0.25) is 0 Å². The number of nitrogens with one attached hydrogen (secondary N) is 2. The minimum absolute atomic E-state index is 0.0906. The van der Waals surface area contributed by atoms with Crippen LogP contribution in [0, 0.1) is 0 Å². The van der Waals surface area contributed by atoms with Crippen molar-refractivity contribution in [1.82, 2.24) is 9.97 Å². The van der Waals surface area contributed by atoms with Crippen molar-refractivity contribution >= 4 is 42.9 Å². The molecular formula is C14H10Br2N2O. The van der Waals surface area contributed by atoms with E-state index in [0.29, 0.717) is 0 Å². The van der Waals surface area contributed by atoms with Crippen LogP contribution in [0.15, 0.2) is 51.7 Å². The maximum Gasteiger partial charge on any atom is 0.323 e. The van der Waals surface area contributed by atoms with Crippen LogP contribution in [-0.4, -0.2) is 9.97 Å². The second-order valence-corrected chi connectivity index (χ2v) is 6.13. The number of rotatable bonds is 2. The van der Waals surface area contributed by atoms with E-state index in [-0.39, 0.29) is 10.5 Å². The van der Waals surface area contributed by atoms with Gasteiger partial charge in [0, 0.05) is 4.47 Å². The third kappa shape index (κ3) is 2.53. The molecule has 1 unspecified atom stereocenters. The van der Waals surface area contributed by atoms with Crippen molar-refractivity contribution < 1.29 is 0 Å². The molecule has 0 aliphatic carbocycles. The van der Waals surface area contributed by atoms with Crippen molar-refractivity contribution in [2.24, 2.45) is 0 Å². The number of hydrogen-bond donors (Lipinski definition) is 2. The Balaban J connectivity index is 2.05. The van der Waals surface area contributed by atoms with Crippen LogP contribution in [0.5, 0.6) is 0 Å². The van der Waals surface area contributed by atoms with E-state index < -0.39 is 0 Å². The molecule has 3 rings (SSSR count). The van der Waals surface area contributed by atoms with Crippen LogP contribution in [0.4, 0.5) is 0 Å². The fourth-order valence-corrected chi connectivity index (χ4v) is 3.05. The molecule has 19 heavy (non-hydrogen) atoms. The molecule has 1 heterocycles. The Morgan fingerprint density at radius 2 is 1.68 bits per heavy atom. The fraction of sp³-hybridized carbons (Fsp3) is 0.0714. The first-order valence-corrected chi connectivity index (χ1v) is 7.46. The lowest BCUT2D eigenvalue weighted by atomic mass is 10.0. The van der Waals surface area contributed by atoms with Crippen molar-refractivity contribution in [3.8, 4) is 0 Å². The predicted molar refractivity (Wildman–Crippen MR) is 83.8 cm³/mol. The van der Waals surface area contributed by atoms with Crippen molar-refractivity contribution in [3.63, 3.8) is 0 Å². The van der Waals surface area contributed by atoms with E-state index in [2.05, 4.69) is 54.0 Å². The summed E-state index contributed by atoms with van der Waals surface area (Å²) in [5.41, 5.74) is 3.72. The monoisotopic (exact) mass is 380 g/mol. The zero-order valence-electron chi connectivity index (χ0n) is 9.78. The summed E-state index contributed by atoms with van der Waals surface area (Å²) in [6, 6.07) is 14.0. The van der Waals surface area contributed by atoms with E-state index in [1.807, 2.05) is 30.3 Å². The Labute approximate surface area is 126 Å². The summed E-state index contributed by atoms with van der Waals surface area (Å²) >= 11 is 7.17. The average molecular weight is 382 g/mol. The summed E-state index contributed by atoms with van der Waals surface area (Å²) in [7, 11) is 0. The van der Waals surface area contributed by atoms with Gasteiger partial charge in [0.25, 0.3) is 0 Å². The van der Waals surface area contributed by atoms with Crippen molar-refractivity contribution in [1.29, 1.82) is 0 Å². The number of aromatic amines is 2. The van der Waals surface area contributed by atoms with Crippen LogP contribution in [0.1, 0.15) is 16.0 Å². The van der Waals surface area contributed by atoms with E-state index in [9.17, 15) is 4.79 Å². The number of aromatic nitrogens is 2. The van der Waals surface area contributed by atoms with Gasteiger partial charge in [0.05, 0.1) is 15.9 Å². The largest absolute Gasteiger partial charge is 0.323 e. The molecule has 0 radical (unpaired) electrons. The minimum atomic E-state index is -0.180. The molecule has 0 bridgehead atoms. The fourth-order valence-electron chi connectivity index (χ4n) is 2.06. The molecule has 2 aromatic carbocycles. The Bertz CT molecular complexity index is 791. The second kappa shape index (κ2) is 4.98. The maximum atomic E-state index is 11.3. The Kier molecular flexibility index (Phi) is 3.33. The van der Waals surface area contributed by atoms with E-state index in [1.165, 1.54) is 0 Å². The van der Waals surface area contributed by atoms with Gasteiger partial charge in [0.15, 0.2) is 0 Å². The van der Waals surface area contributed by atoms with Crippen molar-refractivity contribution in [3.05, 3.63) is 68.5 Å². The van der Waals surface area contributed by atoms with Crippen molar-refractivity contribution in [2.75, 3.05) is 0 Å². The molecule has 0 aliphatic rings. The first-order valence-electron chi connectivity index (χ1n) is 5.75. The van der Waals surface area contributed by atoms with Crippen LogP contribution in [0.25, 0.3) is 11.0 Å². The normalized spacial score (nSPS) is 12.7. The molecule has 3 nitrogen and oxygen atoms in total. The summed E-state index contributed by atoms with van der Waals surface area (Å²) in [4.78, 5) is 16.9. The van der Waals surface area contributed by atoms with Gasteiger partial charge in [-0.1, -0.05) is 50.1 Å². The summed E-state index contributed by atoms with van der Waals surface area (Å²) in [5, 5.41) is 0. The molecule has 3 aromatic rings. The van der Waals surface area contributed by atoms with Gasteiger partial charge in [0.1, 0.15) is 0 Å². The zero-order valence-corrected chi connectivity index (χ0v) is 13.0. The molecule has 0 spiro atoms. The van der Waals surface area contributed by atoms with Crippen LogP contribution in [0.2, 0.25) is 0 Å². The number of imidazole rings is 1. The van der Waals surface area contributed by atoms with E-state index in [0.717, 1.165) is 26.6 Å². The Morgan fingerprint density at radius 1 is 0.947 bits per heavy atom. The third-order valence-electron chi connectivity index (χ3n) is 2.97. The molecule has 2 N–H and O–H groups in total. The minimum Gasteiger partial charge on any atom is -0.306 e. The summed E-state index contributed by atoms with van der Waals surface area (Å²) in [6.45, 7) is 0. The first kappa shape index (κ1) is 12.7. The quantitative estimate of drug-likeness (QED) is 0.645. The van der Waals surface area contributed by atoms with Gasteiger partial charge >= 0.3 is 5.69 Å². The lowest BCUT2D eigenvalue weighted by Gasteiger charge is -2.11. The predicted octanol–water partition coefficient (Wildman–Crippen LogP) is 4.10. The SMILES string of the molecule is O=c1[nH]c2ccc(C(Br)c3cccc(Br)c3)cc2[nH]1. The Hall–Kier alpha value is -1.33. The van der Waals surface area contributed by atoms with E-state index in [4.69, 9.17) is 0 Å². The topological polar surface area (TPSA) is 48.6 Å². The summed E-state index contributed by atoms with van der Waals surface area (Å²) < 4.78 is 1.05. The average Bonchev–Trinajstić information content (AvgIpc) is 2.76. The highest BCUT2D eigenvalue weighted by molar-refractivity contribution is 9.10. The molecule has 0 aliphatic heterocycles. The highest BCUT2D eigenvalue weighted by Gasteiger charge is 2.11. The molecule has 1 atom stereocenters. The van der Waals surface area contributed by atoms with E-state index >= 15 is 0 Å². The molecule has 1 aromatic heterocycles. The number of fused-ring (bicyclic) bond motifs is 1. The number of H-pyrrole nitrogens is 2. The van der Waals surface area contributed by atoms with Crippen LogP contribution in [0.3, 0.4) is 0 Å². The number of hydrogen-bond acceptors (Lipinski definition) is 1. The highest BCUT2D eigenvalue weighted by Crippen LogP contribution is 2.32. The van der Waals surface area contributed by atoms with E-state index in [1.54, 1.807) is 0 Å². The van der Waals surface area contributed by atoms with Gasteiger partial charge in [-0.25, -0.2) is 4.79 Å². The zero-order chi connectivity index (χ0) is 13.4. The van der Waals surface area contributed by atoms with Gasteiger partial charge in [-0.3, -0.25) is 0 Å². The highest BCUT2D eigenvalue weighted by atomic mass is 79.9. The maximum absolute atomic E-state index is 11.3. The molecule has 0 amide bonds. The van der Waals surface area contributed by atoms with Gasteiger partial charge in [-0.2, -0.15) is 0 Å². The van der Waals surface area contributed by atoms with Crippen LogP contribution < -0.4 is 5.69 Å². The lowest BCUT2D eigenvalue weighted by molar-refractivity contribution is 1.18. The molecule has 5 heteroatoms. The summed E-state index contributed by atoms with van der Waals surface area (Å²) in [6.07, 6.45) is 0. The number of alkyl halides is 1. The molecular weight excluding hydrogens is 372 g/mol. The summed E-state index contributed by atoms with van der Waals surface area (Å²) in [5.74, 6) is 0. The second-order valence-electron chi connectivity index (χ2n) is 4.30. The third-order valence-corrected chi connectivity index (χ3v) is 4.52. The smallest absolute Gasteiger partial charge is 0.306 e. The van der Waals surface area contributed by atoms with Gasteiger partial charge in [-0.15, -0.1) is 0 Å². The molecule has 0 saturated heterocycles. The van der Waals surface area contributed by atoms with Crippen LogP contribution in [-0.2, 0) is 0 Å². The Morgan fingerprint density at radius 3 is 2.47 bits per heavy atom. The molecule has 96 valence electrons. The first-order chi connectivity index (χ1) is 9.13. The standard InChI is InChI=1S/C14H10Br2N2O/c15-10-3-1-2-8(6-10)13(16)9-4-5-11-12(7-9)18-14(19)17-11/h1-7,13H,(H2,17,18,19).